The Hall–Kier alpha value is -2.24. The van der Waals surface area contributed by atoms with Gasteiger partial charge in [-0.3, -0.25) is 4.79 Å². The van der Waals surface area contributed by atoms with Crippen LogP contribution in [0.1, 0.15) is 25.3 Å². The molecule has 0 aliphatic carbocycles. The SMILES string of the molecule is CCOc1cc(CNC(=O)CCC(=O)[O-])ccc1O. The van der Waals surface area contributed by atoms with E-state index in [4.69, 9.17) is 4.74 Å². The number of amides is 1. The molecule has 2 N–H and O–H groups in total. The first kappa shape index (κ1) is 14.8. The molecule has 0 saturated carbocycles. The summed E-state index contributed by atoms with van der Waals surface area (Å²) in [7, 11) is 0. The largest absolute Gasteiger partial charge is 0.550 e. The first-order valence-electron chi connectivity index (χ1n) is 5.94. The lowest BCUT2D eigenvalue weighted by Crippen LogP contribution is -2.27. The van der Waals surface area contributed by atoms with Gasteiger partial charge in [0.25, 0.3) is 0 Å². The predicted octanol–water partition coefficient (Wildman–Crippen LogP) is -0.0628. The number of benzene rings is 1. The Morgan fingerprint density at radius 1 is 1.37 bits per heavy atom. The van der Waals surface area contributed by atoms with Crippen LogP contribution in [0.2, 0.25) is 0 Å². The van der Waals surface area contributed by atoms with E-state index in [1.807, 2.05) is 0 Å². The van der Waals surface area contributed by atoms with E-state index in [-0.39, 0.29) is 31.0 Å². The number of carbonyl (C=O) groups excluding carboxylic acids is 2. The Morgan fingerprint density at radius 2 is 2.11 bits per heavy atom. The summed E-state index contributed by atoms with van der Waals surface area (Å²) in [5, 5.41) is 22.3. The molecule has 1 aromatic rings. The van der Waals surface area contributed by atoms with Crippen LogP contribution in [0.5, 0.6) is 11.5 Å². The maximum Gasteiger partial charge on any atom is 0.220 e. The van der Waals surface area contributed by atoms with Gasteiger partial charge >= 0.3 is 0 Å². The van der Waals surface area contributed by atoms with Crippen molar-refractivity contribution in [2.24, 2.45) is 0 Å². The van der Waals surface area contributed by atoms with Gasteiger partial charge in [0.1, 0.15) is 0 Å². The van der Waals surface area contributed by atoms with Crippen LogP contribution < -0.4 is 15.2 Å². The quantitative estimate of drug-likeness (QED) is 0.720. The minimum atomic E-state index is -1.25. The van der Waals surface area contributed by atoms with Crippen molar-refractivity contribution >= 4 is 11.9 Å². The van der Waals surface area contributed by atoms with E-state index in [0.717, 1.165) is 5.56 Å². The number of nitrogens with one attached hydrogen (secondary N) is 1. The first-order chi connectivity index (χ1) is 9.02. The molecule has 0 heterocycles. The van der Waals surface area contributed by atoms with Gasteiger partial charge in [0, 0.05) is 18.9 Å². The molecular formula is C13H16NO5-. The molecule has 6 heteroatoms. The Kier molecular flexibility index (Phi) is 5.66. The molecule has 6 nitrogen and oxygen atoms in total. The van der Waals surface area contributed by atoms with Gasteiger partial charge in [0.2, 0.25) is 5.91 Å². The molecule has 19 heavy (non-hydrogen) atoms. The zero-order valence-corrected chi connectivity index (χ0v) is 10.6. The summed E-state index contributed by atoms with van der Waals surface area (Å²) in [6, 6.07) is 4.75. The van der Waals surface area contributed by atoms with Crippen molar-refractivity contribution in [3.05, 3.63) is 23.8 Å². The van der Waals surface area contributed by atoms with Crippen LogP contribution in [0, 0.1) is 0 Å². The maximum atomic E-state index is 11.3. The summed E-state index contributed by atoms with van der Waals surface area (Å²) in [5.41, 5.74) is 0.753. The minimum Gasteiger partial charge on any atom is -0.550 e. The van der Waals surface area contributed by atoms with Crippen molar-refractivity contribution in [3.63, 3.8) is 0 Å². The van der Waals surface area contributed by atoms with Crippen LogP contribution in [-0.4, -0.2) is 23.6 Å². The zero-order valence-electron chi connectivity index (χ0n) is 10.6. The van der Waals surface area contributed by atoms with E-state index >= 15 is 0 Å². The Labute approximate surface area is 111 Å². The third-order valence-electron chi connectivity index (χ3n) is 2.37. The number of ether oxygens (including phenoxy) is 1. The number of carbonyl (C=O) groups is 2. The van der Waals surface area contributed by atoms with E-state index < -0.39 is 5.97 Å². The van der Waals surface area contributed by atoms with Crippen LogP contribution in [-0.2, 0) is 16.1 Å². The van der Waals surface area contributed by atoms with Crippen molar-refractivity contribution in [3.8, 4) is 11.5 Å². The summed E-state index contributed by atoms with van der Waals surface area (Å²) >= 11 is 0. The molecule has 0 unspecified atom stereocenters. The zero-order chi connectivity index (χ0) is 14.3. The number of hydrogen-bond acceptors (Lipinski definition) is 5. The van der Waals surface area contributed by atoms with E-state index in [2.05, 4.69) is 5.32 Å². The molecule has 0 aromatic heterocycles. The van der Waals surface area contributed by atoms with Gasteiger partial charge in [-0.25, -0.2) is 0 Å². The van der Waals surface area contributed by atoms with Crippen LogP contribution in [0.25, 0.3) is 0 Å². The lowest BCUT2D eigenvalue weighted by molar-refractivity contribution is -0.305. The number of phenols is 1. The standard InChI is InChI=1S/C13H17NO5/c1-2-19-11-7-9(3-4-10(11)15)8-14-12(16)5-6-13(17)18/h3-4,7,15H,2,5-6,8H2,1H3,(H,14,16)(H,17,18)/p-1. The monoisotopic (exact) mass is 266 g/mol. The third kappa shape index (κ3) is 5.29. The van der Waals surface area contributed by atoms with Gasteiger partial charge < -0.3 is 25.1 Å². The molecule has 0 spiro atoms. The van der Waals surface area contributed by atoms with Crippen LogP contribution in [0.15, 0.2) is 18.2 Å². The van der Waals surface area contributed by atoms with Crippen molar-refractivity contribution < 1.29 is 24.5 Å². The second kappa shape index (κ2) is 7.25. The van der Waals surface area contributed by atoms with E-state index in [0.29, 0.717) is 12.4 Å². The highest BCUT2D eigenvalue weighted by Crippen LogP contribution is 2.26. The molecule has 0 bridgehead atoms. The summed E-state index contributed by atoms with van der Waals surface area (Å²) in [4.78, 5) is 21.5. The van der Waals surface area contributed by atoms with Gasteiger partial charge in [0.05, 0.1) is 6.61 Å². The van der Waals surface area contributed by atoms with Crippen molar-refractivity contribution in [2.45, 2.75) is 26.3 Å². The van der Waals surface area contributed by atoms with Crippen LogP contribution >= 0.6 is 0 Å². The van der Waals surface area contributed by atoms with Gasteiger partial charge in [0.15, 0.2) is 11.5 Å². The minimum absolute atomic E-state index is 0.0360. The molecule has 0 radical (unpaired) electrons. The predicted molar refractivity (Wildman–Crippen MR) is 65.4 cm³/mol. The van der Waals surface area contributed by atoms with E-state index in [9.17, 15) is 19.8 Å². The van der Waals surface area contributed by atoms with Gasteiger partial charge in [-0.05, 0) is 31.0 Å². The fourth-order valence-electron chi connectivity index (χ4n) is 1.44. The molecule has 0 atom stereocenters. The average molecular weight is 266 g/mol. The molecule has 1 amide bonds. The maximum absolute atomic E-state index is 11.3. The highest BCUT2D eigenvalue weighted by atomic mass is 16.5. The first-order valence-corrected chi connectivity index (χ1v) is 5.94. The van der Waals surface area contributed by atoms with Gasteiger partial charge in [-0.1, -0.05) is 6.07 Å². The fraction of sp³-hybridized carbons (Fsp3) is 0.385. The summed E-state index contributed by atoms with van der Waals surface area (Å²) in [5.74, 6) is -1.23. The Balaban J connectivity index is 2.51. The lowest BCUT2D eigenvalue weighted by atomic mass is 10.2. The Morgan fingerprint density at radius 3 is 2.74 bits per heavy atom. The second-order valence-electron chi connectivity index (χ2n) is 3.88. The molecule has 0 aliphatic heterocycles. The summed E-state index contributed by atoms with van der Waals surface area (Å²) in [6.07, 6.45) is -0.412. The lowest BCUT2D eigenvalue weighted by Gasteiger charge is -2.09. The number of phenolic OH excluding ortho intramolecular Hbond substituents is 1. The summed E-state index contributed by atoms with van der Waals surface area (Å²) < 4.78 is 5.21. The number of aromatic hydroxyl groups is 1. The normalized spacial score (nSPS) is 9.95. The molecule has 1 aromatic carbocycles. The fourth-order valence-corrected chi connectivity index (χ4v) is 1.44. The van der Waals surface area contributed by atoms with Crippen molar-refractivity contribution in [1.29, 1.82) is 0 Å². The van der Waals surface area contributed by atoms with E-state index in [1.165, 1.54) is 6.07 Å². The smallest absolute Gasteiger partial charge is 0.220 e. The number of carboxylic acids is 1. The van der Waals surface area contributed by atoms with Crippen molar-refractivity contribution in [2.75, 3.05) is 6.61 Å². The number of carboxylic acid groups (broad SMARTS) is 1. The molecule has 1 rings (SSSR count). The van der Waals surface area contributed by atoms with Gasteiger partial charge in [-0.2, -0.15) is 0 Å². The van der Waals surface area contributed by atoms with Gasteiger partial charge in [-0.15, -0.1) is 0 Å². The average Bonchev–Trinajstić information content (AvgIpc) is 2.37. The topological polar surface area (TPSA) is 98.7 Å². The summed E-state index contributed by atoms with van der Waals surface area (Å²) in [6.45, 7) is 2.47. The van der Waals surface area contributed by atoms with Crippen LogP contribution in [0.4, 0.5) is 0 Å². The molecule has 0 saturated heterocycles. The number of aliphatic carboxylic acids is 1. The number of rotatable bonds is 7. The molecule has 0 aliphatic rings. The Bertz CT molecular complexity index is 458. The highest BCUT2D eigenvalue weighted by Gasteiger charge is 2.05. The second-order valence-corrected chi connectivity index (χ2v) is 3.88. The van der Waals surface area contributed by atoms with E-state index in [1.54, 1.807) is 19.1 Å². The molecule has 104 valence electrons. The third-order valence-corrected chi connectivity index (χ3v) is 2.37. The number of hydrogen-bond donors (Lipinski definition) is 2. The molecular weight excluding hydrogens is 250 g/mol. The molecule has 0 fully saturated rings. The van der Waals surface area contributed by atoms with Crippen LogP contribution in [0.3, 0.4) is 0 Å². The highest BCUT2D eigenvalue weighted by molar-refractivity contribution is 5.79. The van der Waals surface area contributed by atoms with Crippen molar-refractivity contribution in [1.82, 2.24) is 5.32 Å².